The molecular formula is C22H28N2O2S. The molecule has 1 aliphatic carbocycles. The van der Waals surface area contributed by atoms with Crippen molar-refractivity contribution >= 4 is 10.0 Å². The van der Waals surface area contributed by atoms with E-state index in [4.69, 9.17) is 0 Å². The van der Waals surface area contributed by atoms with Crippen LogP contribution in [0.2, 0.25) is 0 Å². The van der Waals surface area contributed by atoms with Crippen LogP contribution in [0, 0.1) is 0 Å². The second-order valence-electron chi connectivity index (χ2n) is 7.62. The van der Waals surface area contributed by atoms with Crippen molar-refractivity contribution in [1.29, 1.82) is 0 Å². The number of nitrogens with zero attached hydrogens (tertiary/aromatic N) is 2. The molecule has 0 unspecified atom stereocenters. The minimum atomic E-state index is -3.38. The summed E-state index contributed by atoms with van der Waals surface area (Å²) in [6, 6.07) is 16.2. The predicted octanol–water partition coefficient (Wildman–Crippen LogP) is 3.11. The quantitative estimate of drug-likeness (QED) is 0.795. The molecule has 0 N–H and O–H groups in total. The van der Waals surface area contributed by atoms with Gasteiger partial charge in [-0.25, -0.2) is 8.42 Å². The minimum Gasteiger partial charge on any atom is -0.300 e. The fraction of sp³-hybridized carbons (Fsp3) is 0.455. The zero-order valence-corrected chi connectivity index (χ0v) is 16.6. The fourth-order valence-electron chi connectivity index (χ4n) is 4.14. The summed E-state index contributed by atoms with van der Waals surface area (Å²) in [7, 11) is -3.38. The largest absolute Gasteiger partial charge is 0.300 e. The molecule has 27 heavy (non-hydrogen) atoms. The van der Waals surface area contributed by atoms with Crippen LogP contribution in [0.5, 0.6) is 0 Å². The Hall–Kier alpha value is -1.69. The van der Waals surface area contributed by atoms with E-state index < -0.39 is 10.0 Å². The summed E-state index contributed by atoms with van der Waals surface area (Å²) < 4.78 is 27.8. The number of benzene rings is 2. The summed E-state index contributed by atoms with van der Waals surface area (Å²) in [5, 5.41) is 0. The standard InChI is InChI=1S/C22H28N2O2S/c25-27(26,22-11-10-20-8-4-5-9-21(20)18-22)24-16-14-23(15-17-24)13-12-19-6-2-1-3-7-19/h1-3,6-7,10-11,18H,4-5,8-9,12-17H2. The highest BCUT2D eigenvalue weighted by Gasteiger charge is 2.29. The molecule has 2 aromatic carbocycles. The molecule has 144 valence electrons. The average molecular weight is 385 g/mol. The number of aryl methyl sites for hydroxylation is 2. The van der Waals surface area contributed by atoms with Gasteiger partial charge in [-0.2, -0.15) is 4.31 Å². The van der Waals surface area contributed by atoms with Crippen LogP contribution in [0.25, 0.3) is 0 Å². The lowest BCUT2D eigenvalue weighted by Gasteiger charge is -2.34. The molecule has 0 bridgehead atoms. The first-order chi connectivity index (χ1) is 13.1. The molecule has 0 spiro atoms. The summed E-state index contributed by atoms with van der Waals surface area (Å²) in [6.45, 7) is 3.74. The summed E-state index contributed by atoms with van der Waals surface area (Å²) in [6.07, 6.45) is 5.47. The van der Waals surface area contributed by atoms with Gasteiger partial charge in [-0.3, -0.25) is 0 Å². The van der Waals surface area contributed by atoms with Crippen LogP contribution < -0.4 is 0 Å². The predicted molar refractivity (Wildman–Crippen MR) is 108 cm³/mol. The van der Waals surface area contributed by atoms with Gasteiger partial charge in [0.25, 0.3) is 0 Å². The lowest BCUT2D eigenvalue weighted by molar-refractivity contribution is 0.190. The maximum Gasteiger partial charge on any atom is 0.243 e. The van der Waals surface area contributed by atoms with Crippen molar-refractivity contribution in [3.8, 4) is 0 Å². The Labute approximate surface area is 162 Å². The third-order valence-corrected chi connectivity index (χ3v) is 7.74. The number of rotatable bonds is 5. The van der Waals surface area contributed by atoms with Gasteiger partial charge < -0.3 is 4.90 Å². The zero-order chi connectivity index (χ0) is 18.7. The van der Waals surface area contributed by atoms with Gasteiger partial charge in [-0.05, 0) is 60.9 Å². The highest BCUT2D eigenvalue weighted by atomic mass is 32.2. The fourth-order valence-corrected chi connectivity index (χ4v) is 5.62. The van der Waals surface area contributed by atoms with Gasteiger partial charge in [0.15, 0.2) is 0 Å². The van der Waals surface area contributed by atoms with Crippen LogP contribution in [0.15, 0.2) is 53.4 Å². The van der Waals surface area contributed by atoms with E-state index in [1.165, 1.54) is 23.1 Å². The second-order valence-corrected chi connectivity index (χ2v) is 9.56. The molecular weight excluding hydrogens is 356 g/mol. The smallest absolute Gasteiger partial charge is 0.243 e. The summed E-state index contributed by atoms with van der Waals surface area (Å²) in [4.78, 5) is 2.84. The normalized spacial score (nSPS) is 19.0. The van der Waals surface area contributed by atoms with E-state index >= 15 is 0 Å². The Morgan fingerprint density at radius 1 is 0.815 bits per heavy atom. The van der Waals surface area contributed by atoms with Gasteiger partial charge in [0, 0.05) is 32.7 Å². The van der Waals surface area contributed by atoms with Crippen molar-refractivity contribution in [3.63, 3.8) is 0 Å². The molecule has 1 saturated heterocycles. The second kappa shape index (κ2) is 8.13. The Balaban J connectivity index is 1.37. The number of piperazine rings is 1. The van der Waals surface area contributed by atoms with Gasteiger partial charge in [0.2, 0.25) is 10.0 Å². The van der Waals surface area contributed by atoms with Crippen molar-refractivity contribution in [1.82, 2.24) is 9.21 Å². The van der Waals surface area contributed by atoms with Crippen LogP contribution in [0.4, 0.5) is 0 Å². The van der Waals surface area contributed by atoms with Crippen LogP contribution in [-0.2, 0) is 29.3 Å². The number of sulfonamides is 1. The van der Waals surface area contributed by atoms with Crippen molar-refractivity contribution in [3.05, 3.63) is 65.2 Å². The molecule has 1 aliphatic heterocycles. The highest BCUT2D eigenvalue weighted by Crippen LogP contribution is 2.26. The molecule has 1 heterocycles. The van der Waals surface area contributed by atoms with E-state index in [0.717, 1.165) is 45.3 Å². The Morgan fingerprint density at radius 2 is 1.52 bits per heavy atom. The summed E-state index contributed by atoms with van der Waals surface area (Å²) in [5.41, 5.74) is 3.89. The maximum atomic E-state index is 13.1. The first kappa shape index (κ1) is 18.7. The molecule has 5 heteroatoms. The molecule has 4 nitrogen and oxygen atoms in total. The molecule has 0 aromatic heterocycles. The van der Waals surface area contributed by atoms with E-state index in [1.54, 1.807) is 10.4 Å². The summed E-state index contributed by atoms with van der Waals surface area (Å²) in [5.74, 6) is 0. The monoisotopic (exact) mass is 384 g/mol. The van der Waals surface area contributed by atoms with E-state index in [0.29, 0.717) is 18.0 Å². The Bertz CT molecular complexity index is 872. The Kier molecular flexibility index (Phi) is 5.62. The van der Waals surface area contributed by atoms with Crippen molar-refractivity contribution in [2.45, 2.75) is 37.0 Å². The molecule has 0 radical (unpaired) electrons. The lowest BCUT2D eigenvalue weighted by atomic mass is 9.92. The van der Waals surface area contributed by atoms with Crippen LogP contribution in [-0.4, -0.2) is 50.3 Å². The lowest BCUT2D eigenvalue weighted by Crippen LogP contribution is -2.49. The number of hydrogen-bond acceptors (Lipinski definition) is 3. The highest BCUT2D eigenvalue weighted by molar-refractivity contribution is 7.89. The zero-order valence-electron chi connectivity index (χ0n) is 15.8. The summed E-state index contributed by atoms with van der Waals surface area (Å²) >= 11 is 0. The van der Waals surface area contributed by atoms with Crippen molar-refractivity contribution < 1.29 is 8.42 Å². The molecule has 0 amide bonds. The van der Waals surface area contributed by atoms with Gasteiger partial charge in [-0.1, -0.05) is 36.4 Å². The third kappa shape index (κ3) is 4.26. The first-order valence-electron chi connectivity index (χ1n) is 10.0. The molecule has 4 rings (SSSR count). The van der Waals surface area contributed by atoms with E-state index in [2.05, 4.69) is 29.2 Å². The van der Waals surface area contributed by atoms with Gasteiger partial charge >= 0.3 is 0 Å². The Morgan fingerprint density at radius 3 is 2.26 bits per heavy atom. The van der Waals surface area contributed by atoms with Gasteiger partial charge in [0.1, 0.15) is 0 Å². The number of fused-ring (bicyclic) bond motifs is 1. The molecule has 0 atom stereocenters. The molecule has 2 aromatic rings. The molecule has 0 saturated carbocycles. The van der Waals surface area contributed by atoms with Crippen molar-refractivity contribution in [2.24, 2.45) is 0 Å². The number of hydrogen-bond donors (Lipinski definition) is 0. The topological polar surface area (TPSA) is 40.6 Å². The van der Waals surface area contributed by atoms with Crippen LogP contribution in [0.1, 0.15) is 29.5 Å². The first-order valence-corrected chi connectivity index (χ1v) is 11.5. The van der Waals surface area contributed by atoms with E-state index in [9.17, 15) is 8.42 Å². The van der Waals surface area contributed by atoms with Gasteiger partial charge in [-0.15, -0.1) is 0 Å². The SMILES string of the molecule is O=S(=O)(c1ccc2c(c1)CCCC2)N1CCN(CCc2ccccc2)CC1. The van der Waals surface area contributed by atoms with E-state index in [-0.39, 0.29) is 0 Å². The van der Waals surface area contributed by atoms with Crippen LogP contribution in [0.3, 0.4) is 0 Å². The van der Waals surface area contributed by atoms with Crippen molar-refractivity contribution in [2.75, 3.05) is 32.7 Å². The van der Waals surface area contributed by atoms with Gasteiger partial charge in [0.05, 0.1) is 4.90 Å². The van der Waals surface area contributed by atoms with E-state index in [1.807, 2.05) is 18.2 Å². The molecule has 2 aliphatic rings. The minimum absolute atomic E-state index is 0.473. The molecule has 1 fully saturated rings. The maximum absolute atomic E-state index is 13.1. The van der Waals surface area contributed by atoms with Crippen LogP contribution >= 0.6 is 0 Å². The average Bonchev–Trinajstić information content (AvgIpc) is 2.73. The third-order valence-electron chi connectivity index (χ3n) is 5.85.